The number of hydrogen-bond donors (Lipinski definition) is 1. The van der Waals surface area contributed by atoms with Crippen LogP contribution in [0.25, 0.3) is 0 Å². The van der Waals surface area contributed by atoms with E-state index < -0.39 is 41.1 Å². The van der Waals surface area contributed by atoms with Gasteiger partial charge >= 0.3 is 23.9 Å². The van der Waals surface area contributed by atoms with Crippen molar-refractivity contribution in [3.8, 4) is 11.5 Å². The van der Waals surface area contributed by atoms with Crippen molar-refractivity contribution in [2.45, 2.75) is 151 Å². The molecule has 6 aromatic rings. The van der Waals surface area contributed by atoms with E-state index in [4.69, 9.17) is 28.4 Å². The smallest absolute Gasteiger partial charge is 0.314 e. The maximum atomic E-state index is 13.1. The van der Waals surface area contributed by atoms with Crippen molar-refractivity contribution in [3.63, 3.8) is 0 Å². The van der Waals surface area contributed by atoms with E-state index in [-0.39, 0.29) is 98.1 Å². The lowest BCUT2D eigenvalue weighted by Gasteiger charge is -2.63. The molecule has 0 radical (unpaired) electrons. The van der Waals surface area contributed by atoms with Crippen LogP contribution in [0.15, 0.2) is 199 Å². The lowest BCUT2D eigenvalue weighted by Crippen LogP contribution is -2.68. The fraction of sp³-hybridized carbons (Fsp3) is 0.412. The second kappa shape index (κ2) is 23.6. The topological polar surface area (TPSA) is 144 Å². The van der Waals surface area contributed by atoms with Crippen LogP contribution < -0.4 is 9.47 Å². The molecule has 8 bridgehead atoms. The highest BCUT2D eigenvalue weighted by molar-refractivity contribution is 7.97. The van der Waals surface area contributed by atoms with Crippen molar-refractivity contribution >= 4 is 45.7 Å². The summed E-state index contributed by atoms with van der Waals surface area (Å²) in [6.45, 7) is 0.139. The number of esters is 4. The van der Waals surface area contributed by atoms with Gasteiger partial charge in [0.15, 0.2) is 29.4 Å². The predicted molar refractivity (Wildman–Crippen MR) is 309 cm³/mol. The highest BCUT2D eigenvalue weighted by Gasteiger charge is 2.67. The number of hydrogen-bond acceptors (Lipinski definition) is 11. The first-order valence-corrected chi connectivity index (χ1v) is 30.7. The van der Waals surface area contributed by atoms with Crippen molar-refractivity contribution in [1.82, 2.24) is 0 Å². The van der Waals surface area contributed by atoms with Gasteiger partial charge in [-0.05, 0) is 179 Å². The van der Waals surface area contributed by atoms with E-state index >= 15 is 0 Å². The Labute approximate surface area is 482 Å². The van der Waals surface area contributed by atoms with Gasteiger partial charge in [-0.3, -0.25) is 19.2 Å². The Morgan fingerprint density at radius 1 is 0.481 bits per heavy atom. The molecule has 0 aromatic heterocycles. The summed E-state index contributed by atoms with van der Waals surface area (Å²) in [4.78, 5) is 58.7. The summed E-state index contributed by atoms with van der Waals surface area (Å²) in [5.41, 5.74) is -0.642. The summed E-state index contributed by atoms with van der Waals surface area (Å²) >= 11 is 0. The molecule has 10 fully saturated rings. The van der Waals surface area contributed by atoms with Gasteiger partial charge in [-0.25, -0.2) is 0 Å². The zero-order chi connectivity index (χ0) is 53.7. The van der Waals surface area contributed by atoms with Crippen molar-refractivity contribution in [1.29, 1.82) is 0 Å². The summed E-state index contributed by atoms with van der Waals surface area (Å²) < 4.78 is 36.2. The number of carbonyl (C=O) groups is 4. The van der Waals surface area contributed by atoms with E-state index in [1.165, 1.54) is 26.0 Å². The molecule has 81 heavy (non-hydrogen) atoms. The van der Waals surface area contributed by atoms with Gasteiger partial charge < -0.3 is 33.5 Å². The van der Waals surface area contributed by atoms with Crippen molar-refractivity contribution in [2.24, 2.45) is 47.3 Å². The van der Waals surface area contributed by atoms with E-state index in [0.717, 1.165) is 66.6 Å². The largest absolute Gasteiger partial charge is 0.432 e. The van der Waals surface area contributed by atoms with Crippen LogP contribution in [0, 0.1) is 47.3 Å². The summed E-state index contributed by atoms with van der Waals surface area (Å²) in [7, 11) is -0.555. The molecule has 10 aliphatic rings. The van der Waals surface area contributed by atoms with Crippen molar-refractivity contribution in [3.05, 3.63) is 170 Å². The third-order valence-electron chi connectivity index (χ3n) is 18.0. The van der Waals surface area contributed by atoms with Gasteiger partial charge in [-0.1, -0.05) is 87.6 Å². The van der Waals surface area contributed by atoms with Gasteiger partial charge in [0.1, 0.15) is 11.5 Å². The average molecular weight is 1130 g/mol. The molecular formula is C68H74O11S2+2. The second-order valence-electron chi connectivity index (χ2n) is 23.3. The first kappa shape index (κ1) is 56.6. The number of aliphatic hydroxyl groups is 1. The van der Waals surface area contributed by atoms with Gasteiger partial charge in [-0.2, -0.15) is 0 Å². The molecule has 6 aromatic carbocycles. The Bertz CT molecular complexity index is 3040. The van der Waals surface area contributed by atoms with Crippen LogP contribution in [0.3, 0.4) is 0 Å². The van der Waals surface area contributed by atoms with E-state index in [9.17, 15) is 24.3 Å². The van der Waals surface area contributed by atoms with Gasteiger partial charge in [0, 0.05) is 23.7 Å². The average Bonchev–Trinajstić information content (AvgIpc) is 3.57. The first-order valence-electron chi connectivity index (χ1n) is 28.3. The first-order chi connectivity index (χ1) is 38.5. The molecule has 0 amide bonds. The molecule has 8 saturated carbocycles. The Hall–Kier alpha value is -6.22. The maximum Gasteiger partial charge on any atom is 0.314 e. The Morgan fingerprint density at radius 2 is 0.889 bits per heavy atom. The van der Waals surface area contributed by atoms with E-state index in [2.05, 4.69) is 72.8 Å². The molecule has 4 unspecified atom stereocenters. The molecule has 1 N–H and O–H groups in total. The summed E-state index contributed by atoms with van der Waals surface area (Å²) in [6.07, 6.45) is 9.04. The molecule has 13 heteroatoms. The predicted octanol–water partition coefficient (Wildman–Crippen LogP) is 13.4. The molecule has 16 rings (SSSR count). The van der Waals surface area contributed by atoms with Gasteiger partial charge in [0.2, 0.25) is 11.6 Å². The summed E-state index contributed by atoms with van der Waals surface area (Å²) in [5, 5.41) is 10.9. The Morgan fingerprint density at radius 3 is 1.31 bits per heavy atom. The molecule has 2 aliphatic heterocycles. The van der Waals surface area contributed by atoms with E-state index in [1.54, 1.807) is 0 Å². The molecule has 2 spiro atoms. The second-order valence-corrected chi connectivity index (χ2v) is 27.4. The van der Waals surface area contributed by atoms with E-state index in [0.29, 0.717) is 30.3 Å². The highest BCUT2D eigenvalue weighted by atomic mass is 32.2. The van der Waals surface area contributed by atoms with E-state index in [1.807, 2.05) is 97.1 Å². The SMILES string of the molecule is C.C.O=C(CC1CC(=O)OC2(O1)C1CC3CC(C1)CC2C3)Oc1ccc([S+](c2ccccc2)c2ccccc2)cc1.O=C(CC1COC2(OC1=O)C1CC3CC2CC(O)(C3)C1)Oc1ccc([S+](c2ccccc2)c2ccccc2)cc1. The van der Waals surface area contributed by atoms with Crippen LogP contribution in [-0.4, -0.2) is 58.9 Å². The van der Waals surface area contributed by atoms with Crippen LogP contribution in [-0.2, 0) is 59.9 Å². The van der Waals surface area contributed by atoms with Crippen molar-refractivity contribution < 1.29 is 52.7 Å². The third kappa shape index (κ3) is 11.5. The quantitative estimate of drug-likeness (QED) is 0.0710. The van der Waals surface area contributed by atoms with Crippen LogP contribution in [0.5, 0.6) is 11.5 Å². The molecular weight excluding hydrogens is 1060 g/mol. The molecule has 11 nitrogen and oxygen atoms in total. The molecule has 2 saturated heterocycles. The van der Waals surface area contributed by atoms with Gasteiger partial charge in [0.25, 0.3) is 0 Å². The molecule has 2 heterocycles. The summed E-state index contributed by atoms with van der Waals surface area (Å²) in [6, 6.07) is 57.0. The Balaban J connectivity index is 0.000000166. The highest BCUT2D eigenvalue weighted by Crippen LogP contribution is 2.63. The van der Waals surface area contributed by atoms with Crippen LogP contribution in [0.2, 0.25) is 0 Å². The van der Waals surface area contributed by atoms with Gasteiger partial charge in [0.05, 0.1) is 65.3 Å². The monoisotopic (exact) mass is 1130 g/mol. The number of ether oxygens (including phenoxy) is 6. The number of rotatable bonds is 12. The fourth-order valence-electron chi connectivity index (χ4n) is 15.1. The minimum absolute atomic E-state index is 0. The Kier molecular flexibility index (Phi) is 16.5. The van der Waals surface area contributed by atoms with Crippen molar-refractivity contribution in [2.75, 3.05) is 6.61 Å². The third-order valence-corrected chi connectivity index (χ3v) is 22.5. The minimum Gasteiger partial charge on any atom is -0.432 e. The fourth-order valence-corrected chi connectivity index (χ4v) is 19.3. The number of carbonyl (C=O) groups excluding carboxylic acids is 4. The zero-order valence-corrected chi connectivity index (χ0v) is 45.7. The molecule has 4 atom stereocenters. The number of benzene rings is 6. The minimum atomic E-state index is -0.939. The normalized spacial score (nSPS) is 30.8. The standard InChI is InChI=1S/C33H33O6S.C33H33O5S.2CH4/c34-30(17-23-21-37-33(39-31(23)35)24-15-22-16-25(33)20-32(36,18-22)19-24)38-26-11-13-29(14-12-26)40(27-7-3-1-4-8-27)28-9-5-2-6-10-28;34-31(20-27-21-32(35)38-33(37-27)24-16-22-15-23(18-24)19-25(33)17-22)36-26-11-13-30(14-12-26)39(28-7-3-1-4-8-28)29-9-5-2-6-10-29;;/h1-14,22-25,36H,15-21H2;1-14,22-25,27H,15-21H2;2*1H4/q2*+1;;. The lowest BCUT2D eigenvalue weighted by molar-refractivity contribution is -0.359. The lowest BCUT2D eigenvalue weighted by atomic mass is 9.51. The van der Waals surface area contributed by atoms with Crippen LogP contribution in [0.4, 0.5) is 0 Å². The summed E-state index contributed by atoms with van der Waals surface area (Å²) in [5.74, 6) is -0.537. The molecule has 8 aliphatic carbocycles. The zero-order valence-electron chi connectivity index (χ0n) is 44.1. The molecule has 422 valence electrons. The van der Waals surface area contributed by atoms with Crippen LogP contribution >= 0.6 is 0 Å². The maximum absolute atomic E-state index is 13.1. The van der Waals surface area contributed by atoms with Gasteiger partial charge in [-0.15, -0.1) is 0 Å². The van der Waals surface area contributed by atoms with Crippen LogP contribution in [0.1, 0.15) is 98.3 Å².